The average molecular weight is 380 g/mol. The maximum Gasteiger partial charge on any atom is 0.254 e. The topological polar surface area (TPSA) is 75.9 Å². The van der Waals surface area contributed by atoms with E-state index < -0.39 is 5.82 Å². The lowest BCUT2D eigenvalue weighted by Gasteiger charge is -2.18. The van der Waals surface area contributed by atoms with Crippen LogP contribution in [-0.4, -0.2) is 44.8 Å². The number of halogens is 1. The molecule has 0 spiro atoms. The van der Waals surface area contributed by atoms with E-state index in [-0.39, 0.29) is 17.5 Å². The molecule has 144 valence electrons. The Bertz CT molecular complexity index is 997. The van der Waals surface area contributed by atoms with Gasteiger partial charge in [0.15, 0.2) is 0 Å². The van der Waals surface area contributed by atoms with Crippen molar-refractivity contribution in [1.29, 1.82) is 0 Å². The van der Waals surface area contributed by atoms with Gasteiger partial charge in [0.2, 0.25) is 5.95 Å². The Morgan fingerprint density at radius 3 is 2.93 bits per heavy atom. The van der Waals surface area contributed by atoms with Gasteiger partial charge in [0, 0.05) is 44.1 Å². The third-order valence-electron chi connectivity index (χ3n) is 4.90. The molecule has 1 saturated heterocycles. The summed E-state index contributed by atoms with van der Waals surface area (Å²) in [5, 5.41) is 7.11. The molecule has 2 aromatic heterocycles. The summed E-state index contributed by atoms with van der Waals surface area (Å²) in [5.41, 5.74) is 2.45. The van der Waals surface area contributed by atoms with Crippen LogP contribution in [0.4, 0.5) is 10.3 Å². The van der Waals surface area contributed by atoms with Crippen molar-refractivity contribution in [2.45, 2.75) is 19.4 Å². The minimum Gasteiger partial charge on any atom is -0.347 e. The van der Waals surface area contributed by atoms with Crippen LogP contribution in [0.3, 0.4) is 0 Å². The summed E-state index contributed by atoms with van der Waals surface area (Å²) in [5.74, 6) is -0.271. The number of nitrogens with zero attached hydrogens (tertiary/aromatic N) is 5. The summed E-state index contributed by atoms with van der Waals surface area (Å²) in [6.07, 6.45) is 6.13. The molecule has 0 saturated carbocycles. The summed E-state index contributed by atoms with van der Waals surface area (Å²) >= 11 is 0. The molecule has 0 bridgehead atoms. The zero-order chi connectivity index (χ0) is 19.7. The summed E-state index contributed by atoms with van der Waals surface area (Å²) < 4.78 is 15.8. The lowest BCUT2D eigenvalue weighted by Crippen LogP contribution is -2.38. The third-order valence-corrected chi connectivity index (χ3v) is 4.90. The number of anilines is 1. The van der Waals surface area contributed by atoms with E-state index in [4.69, 9.17) is 0 Å². The molecule has 28 heavy (non-hydrogen) atoms. The highest BCUT2D eigenvalue weighted by molar-refractivity contribution is 5.96. The molecular weight excluding hydrogens is 359 g/mol. The summed E-state index contributed by atoms with van der Waals surface area (Å²) in [6, 6.07) is 6.40. The Hall–Kier alpha value is -3.29. The lowest BCUT2D eigenvalue weighted by atomic mass is 10.1. The van der Waals surface area contributed by atoms with E-state index >= 15 is 0 Å². The summed E-state index contributed by atoms with van der Waals surface area (Å²) in [6.45, 7) is 3.03. The van der Waals surface area contributed by atoms with Gasteiger partial charge in [0.25, 0.3) is 5.91 Å². The van der Waals surface area contributed by atoms with Crippen molar-refractivity contribution in [2.75, 3.05) is 18.0 Å². The first-order chi connectivity index (χ1) is 13.5. The molecule has 8 heteroatoms. The van der Waals surface area contributed by atoms with Crippen molar-refractivity contribution in [3.05, 3.63) is 59.8 Å². The van der Waals surface area contributed by atoms with E-state index in [1.165, 1.54) is 6.07 Å². The van der Waals surface area contributed by atoms with Gasteiger partial charge in [-0.15, -0.1) is 0 Å². The average Bonchev–Trinajstić information content (AvgIpc) is 3.31. The monoisotopic (exact) mass is 380 g/mol. The highest BCUT2D eigenvalue weighted by Crippen LogP contribution is 2.21. The highest BCUT2D eigenvalue weighted by atomic mass is 19.1. The number of carbonyl (C=O) groups is 1. The van der Waals surface area contributed by atoms with Crippen LogP contribution in [0.5, 0.6) is 0 Å². The molecule has 1 aliphatic rings. The van der Waals surface area contributed by atoms with E-state index in [0.29, 0.717) is 18.1 Å². The summed E-state index contributed by atoms with van der Waals surface area (Å²) in [7, 11) is 1.86. The molecule has 4 rings (SSSR count). The number of amides is 1. The zero-order valence-corrected chi connectivity index (χ0v) is 15.8. The van der Waals surface area contributed by atoms with Gasteiger partial charge < -0.3 is 10.2 Å². The summed E-state index contributed by atoms with van der Waals surface area (Å²) in [4.78, 5) is 23.5. The van der Waals surface area contributed by atoms with Crippen LogP contribution in [0, 0.1) is 12.7 Å². The molecule has 1 N–H and O–H groups in total. The number of hydrogen-bond donors (Lipinski definition) is 1. The molecule has 0 radical (unpaired) electrons. The second-order valence-corrected chi connectivity index (χ2v) is 6.98. The molecule has 7 nitrogen and oxygen atoms in total. The number of nitrogens with one attached hydrogen (secondary N) is 1. The van der Waals surface area contributed by atoms with Crippen LogP contribution in [0.1, 0.15) is 22.3 Å². The maximum absolute atomic E-state index is 14.0. The molecule has 3 aromatic rings. The second-order valence-electron chi connectivity index (χ2n) is 6.98. The Morgan fingerprint density at radius 1 is 1.32 bits per heavy atom. The normalized spacial score (nSPS) is 16.4. The minimum absolute atomic E-state index is 0.0860. The first-order valence-electron chi connectivity index (χ1n) is 9.14. The smallest absolute Gasteiger partial charge is 0.254 e. The number of carbonyl (C=O) groups excluding carboxylic acids is 1. The van der Waals surface area contributed by atoms with Gasteiger partial charge >= 0.3 is 0 Å². The predicted octanol–water partition coefficient (Wildman–Crippen LogP) is 2.33. The van der Waals surface area contributed by atoms with Gasteiger partial charge in [-0.25, -0.2) is 14.4 Å². The van der Waals surface area contributed by atoms with Gasteiger partial charge in [0.1, 0.15) is 5.82 Å². The number of hydrogen-bond acceptors (Lipinski definition) is 5. The Kier molecular flexibility index (Phi) is 4.77. The number of rotatable bonds is 4. The van der Waals surface area contributed by atoms with Gasteiger partial charge in [-0.05, 0) is 31.0 Å². The molecule has 1 amide bonds. The molecule has 1 unspecified atom stereocenters. The predicted molar refractivity (Wildman–Crippen MR) is 103 cm³/mol. The Morgan fingerprint density at radius 2 is 2.18 bits per heavy atom. The molecule has 1 aromatic carbocycles. The van der Waals surface area contributed by atoms with Gasteiger partial charge in [-0.3, -0.25) is 9.48 Å². The van der Waals surface area contributed by atoms with Crippen molar-refractivity contribution in [1.82, 2.24) is 25.1 Å². The van der Waals surface area contributed by atoms with Crippen molar-refractivity contribution in [3.63, 3.8) is 0 Å². The van der Waals surface area contributed by atoms with Crippen LogP contribution in [0.2, 0.25) is 0 Å². The van der Waals surface area contributed by atoms with Crippen LogP contribution in [0.15, 0.2) is 42.9 Å². The Labute approximate surface area is 162 Å². The van der Waals surface area contributed by atoms with Crippen LogP contribution in [-0.2, 0) is 7.05 Å². The van der Waals surface area contributed by atoms with E-state index in [9.17, 15) is 9.18 Å². The fraction of sp³-hybridized carbons (Fsp3) is 0.300. The van der Waals surface area contributed by atoms with Crippen molar-refractivity contribution >= 4 is 11.9 Å². The quantitative estimate of drug-likeness (QED) is 0.752. The van der Waals surface area contributed by atoms with Gasteiger partial charge in [-0.1, -0.05) is 12.1 Å². The molecule has 0 aliphatic carbocycles. The standard InChI is InChI=1S/C20H21FN6O/c1-13-4-3-5-16(21)18(13)19(28)24-15-7-9-27(12-15)20-22-8-6-17(25-20)14-10-23-26(2)11-14/h3-6,8,10-11,15H,7,9,12H2,1-2H3,(H,24,28). The molecular formula is C20H21FN6O. The van der Waals surface area contributed by atoms with E-state index in [0.717, 1.165) is 24.2 Å². The Balaban J connectivity index is 1.45. The van der Waals surface area contributed by atoms with Crippen LogP contribution < -0.4 is 10.2 Å². The van der Waals surface area contributed by atoms with E-state index in [2.05, 4.69) is 20.4 Å². The van der Waals surface area contributed by atoms with Gasteiger partial charge in [-0.2, -0.15) is 5.10 Å². The highest BCUT2D eigenvalue weighted by Gasteiger charge is 2.27. The number of benzene rings is 1. The van der Waals surface area contributed by atoms with Crippen molar-refractivity contribution in [3.8, 4) is 11.3 Å². The second kappa shape index (κ2) is 7.38. The first kappa shape index (κ1) is 18.1. The van der Waals surface area contributed by atoms with E-state index in [1.807, 2.05) is 24.2 Å². The molecule has 1 atom stereocenters. The number of aromatic nitrogens is 4. The fourth-order valence-electron chi connectivity index (χ4n) is 3.45. The molecule has 3 heterocycles. The first-order valence-corrected chi connectivity index (χ1v) is 9.14. The largest absolute Gasteiger partial charge is 0.347 e. The SMILES string of the molecule is Cc1cccc(F)c1C(=O)NC1CCN(c2nccc(-c3cnn(C)c3)n2)C1. The van der Waals surface area contributed by atoms with Crippen LogP contribution >= 0.6 is 0 Å². The lowest BCUT2D eigenvalue weighted by molar-refractivity contribution is 0.0935. The van der Waals surface area contributed by atoms with Crippen LogP contribution in [0.25, 0.3) is 11.3 Å². The van der Waals surface area contributed by atoms with E-state index in [1.54, 1.807) is 36.1 Å². The third kappa shape index (κ3) is 3.58. The minimum atomic E-state index is -0.500. The number of aryl methyl sites for hydroxylation is 2. The zero-order valence-electron chi connectivity index (χ0n) is 15.8. The van der Waals surface area contributed by atoms with Gasteiger partial charge in [0.05, 0.1) is 17.5 Å². The fourth-order valence-corrected chi connectivity index (χ4v) is 3.45. The maximum atomic E-state index is 14.0. The van der Waals surface area contributed by atoms with Crippen molar-refractivity contribution < 1.29 is 9.18 Å². The van der Waals surface area contributed by atoms with Crippen molar-refractivity contribution in [2.24, 2.45) is 7.05 Å². The molecule has 1 fully saturated rings. The molecule has 1 aliphatic heterocycles.